The van der Waals surface area contributed by atoms with Gasteiger partial charge in [-0.2, -0.15) is 4.31 Å². The van der Waals surface area contributed by atoms with Gasteiger partial charge in [0.1, 0.15) is 5.76 Å². The van der Waals surface area contributed by atoms with Crippen molar-refractivity contribution >= 4 is 10.0 Å². The minimum atomic E-state index is -3.51. The van der Waals surface area contributed by atoms with E-state index in [0.29, 0.717) is 31.4 Å². The third-order valence-corrected chi connectivity index (χ3v) is 6.09. The van der Waals surface area contributed by atoms with Gasteiger partial charge in [0.25, 0.3) is 10.0 Å². The molecule has 1 aromatic rings. The summed E-state index contributed by atoms with van der Waals surface area (Å²) in [6.45, 7) is 3.80. The molecule has 3 heterocycles. The van der Waals surface area contributed by atoms with Crippen molar-refractivity contribution in [1.82, 2.24) is 14.5 Å². The van der Waals surface area contributed by atoms with Crippen LogP contribution in [0.2, 0.25) is 0 Å². The van der Waals surface area contributed by atoms with Crippen LogP contribution in [0.15, 0.2) is 21.6 Å². The number of fused-ring (bicyclic) bond motifs is 1. The van der Waals surface area contributed by atoms with Crippen molar-refractivity contribution in [3.05, 3.63) is 17.9 Å². The van der Waals surface area contributed by atoms with Crippen LogP contribution in [0.25, 0.3) is 0 Å². The number of furan rings is 1. The van der Waals surface area contributed by atoms with Gasteiger partial charge < -0.3 is 9.73 Å². The minimum absolute atomic E-state index is 0.0687. The van der Waals surface area contributed by atoms with E-state index >= 15 is 0 Å². The summed E-state index contributed by atoms with van der Waals surface area (Å²) in [6, 6.07) is 3.66. The molecule has 1 unspecified atom stereocenters. The van der Waals surface area contributed by atoms with Crippen molar-refractivity contribution in [3.63, 3.8) is 0 Å². The predicted octanol–water partition coefficient (Wildman–Crippen LogP) is 0.858. The maximum atomic E-state index is 12.7. The average molecular weight is 313 g/mol. The standard InChI is InChI=1S/C14H23N3O3S/c1-15-10-13-5-6-14(20-13)21(18,19)17-9-3-8-16-7-2-4-12(16)11-17/h5-6,12,15H,2-4,7-11H2,1H3. The van der Waals surface area contributed by atoms with E-state index in [-0.39, 0.29) is 5.09 Å². The molecular weight excluding hydrogens is 290 g/mol. The third kappa shape index (κ3) is 3.01. The molecular formula is C14H23N3O3S. The molecule has 1 atom stereocenters. The Morgan fingerprint density at radius 2 is 2.10 bits per heavy atom. The van der Waals surface area contributed by atoms with E-state index < -0.39 is 10.0 Å². The quantitative estimate of drug-likeness (QED) is 0.893. The lowest BCUT2D eigenvalue weighted by Gasteiger charge is -2.24. The van der Waals surface area contributed by atoms with Crippen LogP contribution in [0.5, 0.6) is 0 Å². The zero-order valence-corrected chi connectivity index (χ0v) is 13.2. The second kappa shape index (κ2) is 6.08. The van der Waals surface area contributed by atoms with Crippen LogP contribution >= 0.6 is 0 Å². The highest BCUT2D eigenvalue weighted by atomic mass is 32.2. The minimum Gasteiger partial charge on any atom is -0.447 e. The summed E-state index contributed by atoms with van der Waals surface area (Å²) in [5.41, 5.74) is 0. The second-order valence-electron chi connectivity index (χ2n) is 5.80. The highest BCUT2D eigenvalue weighted by molar-refractivity contribution is 7.89. The number of hydrogen-bond donors (Lipinski definition) is 1. The maximum Gasteiger partial charge on any atom is 0.276 e. The molecule has 2 aliphatic heterocycles. The fourth-order valence-corrected chi connectivity index (χ4v) is 4.73. The van der Waals surface area contributed by atoms with Gasteiger partial charge in [-0.05, 0) is 51.5 Å². The summed E-state index contributed by atoms with van der Waals surface area (Å²) in [5.74, 6) is 0.647. The largest absolute Gasteiger partial charge is 0.447 e. The van der Waals surface area contributed by atoms with Crippen molar-refractivity contribution in [2.24, 2.45) is 0 Å². The topological polar surface area (TPSA) is 65.8 Å². The molecule has 21 heavy (non-hydrogen) atoms. The van der Waals surface area contributed by atoms with Gasteiger partial charge in [0.2, 0.25) is 5.09 Å². The van der Waals surface area contributed by atoms with Gasteiger partial charge in [0.05, 0.1) is 6.54 Å². The molecule has 0 aliphatic carbocycles. The van der Waals surface area contributed by atoms with Crippen LogP contribution in [0.3, 0.4) is 0 Å². The van der Waals surface area contributed by atoms with Gasteiger partial charge in [-0.15, -0.1) is 0 Å². The first-order chi connectivity index (χ1) is 10.1. The Kier molecular flexibility index (Phi) is 4.35. The lowest BCUT2D eigenvalue weighted by Crippen LogP contribution is -2.39. The van der Waals surface area contributed by atoms with Crippen LogP contribution in [-0.4, -0.2) is 56.9 Å². The maximum absolute atomic E-state index is 12.7. The zero-order valence-electron chi connectivity index (χ0n) is 12.4. The summed E-state index contributed by atoms with van der Waals surface area (Å²) < 4.78 is 32.6. The Hall–Kier alpha value is -0.890. The second-order valence-corrected chi connectivity index (χ2v) is 7.67. The lowest BCUT2D eigenvalue weighted by atomic mass is 10.2. The van der Waals surface area contributed by atoms with Crippen LogP contribution in [0, 0.1) is 0 Å². The van der Waals surface area contributed by atoms with Gasteiger partial charge in [-0.3, -0.25) is 4.90 Å². The summed E-state index contributed by atoms with van der Waals surface area (Å²) in [7, 11) is -1.70. The van der Waals surface area contributed by atoms with Crippen molar-refractivity contribution in [2.45, 2.75) is 36.9 Å². The SMILES string of the molecule is CNCc1ccc(S(=O)(=O)N2CCCN3CCCC3C2)o1. The fourth-order valence-electron chi connectivity index (χ4n) is 3.28. The number of hydrogen-bond acceptors (Lipinski definition) is 5. The molecule has 6 nitrogen and oxygen atoms in total. The van der Waals surface area contributed by atoms with E-state index in [1.54, 1.807) is 23.5 Å². The number of rotatable bonds is 4. The van der Waals surface area contributed by atoms with Gasteiger partial charge in [-0.1, -0.05) is 0 Å². The number of nitrogens with one attached hydrogen (secondary N) is 1. The Balaban J connectivity index is 1.79. The molecule has 1 aromatic heterocycles. The van der Waals surface area contributed by atoms with Gasteiger partial charge in [0.15, 0.2) is 0 Å². The molecule has 2 aliphatic rings. The highest BCUT2D eigenvalue weighted by Crippen LogP contribution is 2.26. The van der Waals surface area contributed by atoms with Crippen molar-refractivity contribution in [1.29, 1.82) is 0 Å². The Morgan fingerprint density at radius 3 is 2.90 bits per heavy atom. The van der Waals surface area contributed by atoms with Gasteiger partial charge in [0, 0.05) is 19.1 Å². The van der Waals surface area contributed by atoms with Crippen molar-refractivity contribution in [3.8, 4) is 0 Å². The molecule has 0 radical (unpaired) electrons. The van der Waals surface area contributed by atoms with E-state index in [0.717, 1.165) is 25.9 Å². The number of sulfonamides is 1. The van der Waals surface area contributed by atoms with E-state index in [1.165, 1.54) is 6.42 Å². The average Bonchev–Trinajstić information content (AvgIpc) is 3.05. The fraction of sp³-hybridized carbons (Fsp3) is 0.714. The van der Waals surface area contributed by atoms with Crippen LogP contribution in [0.4, 0.5) is 0 Å². The highest BCUT2D eigenvalue weighted by Gasteiger charge is 2.35. The normalized spacial score (nSPS) is 24.9. The zero-order chi connectivity index (χ0) is 14.9. The number of nitrogens with zero attached hydrogens (tertiary/aromatic N) is 2. The van der Waals surface area contributed by atoms with Crippen LogP contribution in [0.1, 0.15) is 25.0 Å². The molecule has 3 rings (SSSR count). The van der Waals surface area contributed by atoms with Crippen molar-refractivity contribution < 1.29 is 12.8 Å². The first-order valence-electron chi connectivity index (χ1n) is 7.59. The Labute approximate surface area is 126 Å². The molecule has 0 amide bonds. The summed E-state index contributed by atoms with van der Waals surface area (Å²) in [6.07, 6.45) is 3.15. The molecule has 0 bridgehead atoms. The van der Waals surface area contributed by atoms with E-state index in [2.05, 4.69) is 10.2 Å². The van der Waals surface area contributed by atoms with Gasteiger partial charge >= 0.3 is 0 Å². The Bertz CT molecular complexity index is 584. The molecule has 7 heteroatoms. The van der Waals surface area contributed by atoms with E-state index in [9.17, 15) is 8.42 Å². The predicted molar refractivity (Wildman–Crippen MR) is 79.4 cm³/mol. The monoisotopic (exact) mass is 313 g/mol. The lowest BCUT2D eigenvalue weighted by molar-refractivity contribution is 0.256. The molecule has 2 fully saturated rings. The molecule has 0 aromatic carbocycles. The molecule has 118 valence electrons. The van der Waals surface area contributed by atoms with Crippen molar-refractivity contribution in [2.75, 3.05) is 33.2 Å². The summed E-state index contributed by atoms with van der Waals surface area (Å²) in [5, 5.41) is 3.03. The molecule has 1 N–H and O–H groups in total. The van der Waals surface area contributed by atoms with E-state index in [1.807, 2.05) is 0 Å². The summed E-state index contributed by atoms with van der Waals surface area (Å²) >= 11 is 0. The first-order valence-corrected chi connectivity index (χ1v) is 9.03. The van der Waals surface area contributed by atoms with Crippen LogP contribution < -0.4 is 5.32 Å². The Morgan fingerprint density at radius 1 is 1.29 bits per heavy atom. The molecule has 0 spiro atoms. The first kappa shape index (κ1) is 15.0. The molecule has 2 saturated heterocycles. The van der Waals surface area contributed by atoms with Crippen LogP contribution in [-0.2, 0) is 16.6 Å². The third-order valence-electron chi connectivity index (χ3n) is 4.35. The van der Waals surface area contributed by atoms with E-state index in [4.69, 9.17) is 4.42 Å². The smallest absolute Gasteiger partial charge is 0.276 e. The summed E-state index contributed by atoms with van der Waals surface area (Å²) in [4.78, 5) is 2.42. The van der Waals surface area contributed by atoms with Gasteiger partial charge in [-0.25, -0.2) is 8.42 Å². The molecule has 0 saturated carbocycles.